The number of aliphatic imine (C=N–C) groups is 1. The van der Waals surface area contributed by atoms with E-state index in [0.717, 1.165) is 26.6 Å². The number of aryl methyl sites for hydroxylation is 1. The van der Waals surface area contributed by atoms with Gasteiger partial charge in [-0.1, -0.05) is 41.9 Å². The zero-order valence-electron chi connectivity index (χ0n) is 18.6. The molecule has 1 aromatic heterocycles. The van der Waals surface area contributed by atoms with Gasteiger partial charge in [-0.3, -0.25) is 25.5 Å². The van der Waals surface area contributed by atoms with E-state index >= 15 is 0 Å². The van der Waals surface area contributed by atoms with Crippen LogP contribution in [0.25, 0.3) is 0 Å². The number of amides is 1. The molecule has 1 aliphatic heterocycles. The van der Waals surface area contributed by atoms with Crippen LogP contribution in [-0.4, -0.2) is 29.3 Å². The number of carbonyl (C=O) groups excluding carboxylic acids is 1. The van der Waals surface area contributed by atoms with E-state index in [1.54, 1.807) is 24.0 Å². The van der Waals surface area contributed by atoms with Gasteiger partial charge < -0.3 is 5.32 Å². The Bertz CT molecular complexity index is 1260. The van der Waals surface area contributed by atoms with Crippen molar-refractivity contribution in [3.05, 3.63) is 81.2 Å². The fourth-order valence-electron chi connectivity index (χ4n) is 3.80. The minimum Gasteiger partial charge on any atom is -0.326 e. The number of hydrogen-bond acceptors (Lipinski definition) is 5. The van der Waals surface area contributed by atoms with Crippen molar-refractivity contribution in [2.45, 2.75) is 33.2 Å². The van der Waals surface area contributed by atoms with Crippen LogP contribution in [0, 0.1) is 24.7 Å². The van der Waals surface area contributed by atoms with Gasteiger partial charge in [-0.25, -0.2) is 0 Å². The SMILES string of the molecule is CC(=N)N1C(=N)C(CC(=O)Nc2ccccc2)N=C(c2ccc(Cl)cc2)c2c1sc(C)c2C. The zero-order chi connectivity index (χ0) is 23.7. The standard InChI is InChI=1S/C25H24ClN5OS/c1-14-15(2)33-25-22(14)23(17-9-11-18(26)12-10-17)30-20(24(28)31(25)16(3)27)13-21(32)29-19-7-5-4-6-8-19/h4-12,20,27-28H,13H2,1-3H3,(H,29,32). The number of benzene rings is 2. The first-order chi connectivity index (χ1) is 15.8. The van der Waals surface area contributed by atoms with Crippen molar-refractivity contribution < 1.29 is 4.79 Å². The van der Waals surface area contributed by atoms with Crippen molar-refractivity contribution in [3.8, 4) is 0 Å². The molecule has 4 rings (SSSR count). The van der Waals surface area contributed by atoms with Crippen molar-refractivity contribution in [2.75, 3.05) is 10.2 Å². The first-order valence-corrected chi connectivity index (χ1v) is 11.7. The Labute approximate surface area is 202 Å². The number of nitrogens with zero attached hydrogens (tertiary/aromatic N) is 2. The third-order valence-corrected chi connectivity index (χ3v) is 6.98. The van der Waals surface area contributed by atoms with Crippen molar-refractivity contribution in [1.29, 1.82) is 10.8 Å². The maximum atomic E-state index is 12.9. The Balaban J connectivity index is 1.81. The van der Waals surface area contributed by atoms with Gasteiger partial charge in [-0.05, 0) is 50.6 Å². The molecule has 1 amide bonds. The second-order valence-electron chi connectivity index (χ2n) is 7.89. The Hall–Kier alpha value is -3.29. The molecular weight excluding hydrogens is 454 g/mol. The molecule has 168 valence electrons. The van der Waals surface area contributed by atoms with Gasteiger partial charge >= 0.3 is 0 Å². The average molecular weight is 478 g/mol. The predicted molar refractivity (Wildman–Crippen MR) is 138 cm³/mol. The molecule has 0 aliphatic carbocycles. The van der Waals surface area contributed by atoms with Crippen LogP contribution in [0.15, 0.2) is 59.6 Å². The summed E-state index contributed by atoms with van der Waals surface area (Å²) in [5.41, 5.74) is 4.19. The Morgan fingerprint density at radius 1 is 1.15 bits per heavy atom. The molecule has 1 atom stereocenters. The molecule has 8 heteroatoms. The molecule has 2 aromatic carbocycles. The minimum atomic E-state index is -0.751. The number of carbonyl (C=O) groups is 1. The molecule has 0 saturated heterocycles. The van der Waals surface area contributed by atoms with E-state index in [0.29, 0.717) is 16.4 Å². The highest BCUT2D eigenvalue weighted by Crippen LogP contribution is 2.40. The lowest BCUT2D eigenvalue weighted by Crippen LogP contribution is -2.41. The van der Waals surface area contributed by atoms with Crippen molar-refractivity contribution in [2.24, 2.45) is 4.99 Å². The molecule has 0 fully saturated rings. The summed E-state index contributed by atoms with van der Waals surface area (Å²) >= 11 is 7.65. The van der Waals surface area contributed by atoms with Crippen LogP contribution in [0.2, 0.25) is 5.02 Å². The Kier molecular flexibility index (Phi) is 6.44. The third kappa shape index (κ3) is 4.60. The fourth-order valence-corrected chi connectivity index (χ4v) is 5.15. The summed E-state index contributed by atoms with van der Waals surface area (Å²) in [6, 6.07) is 15.9. The van der Waals surface area contributed by atoms with Crippen molar-refractivity contribution in [3.63, 3.8) is 0 Å². The van der Waals surface area contributed by atoms with Crippen LogP contribution < -0.4 is 10.2 Å². The number of anilines is 2. The molecule has 2 heterocycles. The van der Waals surface area contributed by atoms with E-state index in [-0.39, 0.29) is 24.0 Å². The first-order valence-electron chi connectivity index (χ1n) is 10.5. The molecule has 6 nitrogen and oxygen atoms in total. The highest BCUT2D eigenvalue weighted by Gasteiger charge is 2.34. The number of rotatable bonds is 4. The lowest BCUT2D eigenvalue weighted by Gasteiger charge is -2.24. The predicted octanol–water partition coefficient (Wildman–Crippen LogP) is 6.05. The number of nitrogens with one attached hydrogen (secondary N) is 3. The smallest absolute Gasteiger partial charge is 0.227 e. The Morgan fingerprint density at radius 2 is 1.82 bits per heavy atom. The van der Waals surface area contributed by atoms with Crippen molar-refractivity contribution >= 4 is 56.9 Å². The second-order valence-corrected chi connectivity index (χ2v) is 9.53. The maximum absolute atomic E-state index is 12.9. The van der Waals surface area contributed by atoms with Gasteiger partial charge in [0.1, 0.15) is 22.7 Å². The molecule has 0 saturated carbocycles. The van der Waals surface area contributed by atoms with Crippen LogP contribution in [0.4, 0.5) is 10.7 Å². The van der Waals surface area contributed by atoms with E-state index in [1.807, 2.05) is 56.3 Å². The summed E-state index contributed by atoms with van der Waals surface area (Å²) in [7, 11) is 0. The summed E-state index contributed by atoms with van der Waals surface area (Å²) in [6.07, 6.45) is -0.0123. The highest BCUT2D eigenvalue weighted by molar-refractivity contribution is 7.17. The van der Waals surface area contributed by atoms with Gasteiger partial charge in [-0.15, -0.1) is 11.3 Å². The summed E-state index contributed by atoms with van der Waals surface area (Å²) in [5, 5.41) is 21.6. The third-order valence-electron chi connectivity index (χ3n) is 5.54. The minimum absolute atomic E-state index is 0.0123. The lowest BCUT2D eigenvalue weighted by atomic mass is 9.99. The van der Waals surface area contributed by atoms with E-state index in [9.17, 15) is 4.79 Å². The molecule has 0 bridgehead atoms. The number of amidine groups is 2. The monoisotopic (exact) mass is 477 g/mol. The zero-order valence-corrected chi connectivity index (χ0v) is 20.1. The van der Waals surface area contributed by atoms with Crippen molar-refractivity contribution in [1.82, 2.24) is 0 Å². The molecule has 0 spiro atoms. The highest BCUT2D eigenvalue weighted by atomic mass is 35.5. The van der Waals surface area contributed by atoms with Gasteiger partial charge in [0, 0.05) is 26.7 Å². The van der Waals surface area contributed by atoms with Gasteiger partial charge in [0.25, 0.3) is 0 Å². The molecule has 3 N–H and O–H groups in total. The molecule has 1 unspecified atom stereocenters. The van der Waals surface area contributed by atoms with Gasteiger partial charge in [0.15, 0.2) is 0 Å². The topological polar surface area (TPSA) is 92.4 Å². The van der Waals surface area contributed by atoms with Gasteiger partial charge in [0.2, 0.25) is 5.91 Å². The van der Waals surface area contributed by atoms with E-state index in [2.05, 4.69) is 5.32 Å². The number of halogens is 1. The normalized spacial score (nSPS) is 15.5. The fraction of sp³-hybridized carbons (Fsp3) is 0.200. The number of thiophene rings is 1. The number of hydrogen-bond donors (Lipinski definition) is 3. The summed E-state index contributed by atoms with van der Waals surface area (Å²) < 4.78 is 0. The van der Waals surface area contributed by atoms with Crippen LogP contribution in [-0.2, 0) is 4.79 Å². The van der Waals surface area contributed by atoms with Gasteiger partial charge in [0.05, 0.1) is 12.1 Å². The molecular formula is C25H24ClN5OS. The maximum Gasteiger partial charge on any atom is 0.227 e. The van der Waals surface area contributed by atoms with Crippen LogP contribution in [0.3, 0.4) is 0 Å². The molecule has 33 heavy (non-hydrogen) atoms. The largest absolute Gasteiger partial charge is 0.326 e. The number of para-hydroxylation sites is 1. The van der Waals surface area contributed by atoms with Crippen LogP contribution in [0.5, 0.6) is 0 Å². The van der Waals surface area contributed by atoms with E-state index in [4.69, 9.17) is 27.4 Å². The van der Waals surface area contributed by atoms with E-state index in [1.165, 1.54) is 11.3 Å². The molecule has 1 aliphatic rings. The Morgan fingerprint density at radius 3 is 2.45 bits per heavy atom. The molecule has 0 radical (unpaired) electrons. The lowest BCUT2D eigenvalue weighted by molar-refractivity contribution is -0.116. The number of fused-ring (bicyclic) bond motifs is 1. The average Bonchev–Trinajstić information content (AvgIpc) is 2.99. The summed E-state index contributed by atoms with van der Waals surface area (Å²) in [5.74, 6) is 0.0802. The van der Waals surface area contributed by atoms with Gasteiger partial charge in [-0.2, -0.15) is 0 Å². The summed E-state index contributed by atoms with van der Waals surface area (Å²) in [4.78, 5) is 20.5. The summed E-state index contributed by atoms with van der Waals surface area (Å²) in [6.45, 7) is 5.71. The van der Waals surface area contributed by atoms with E-state index < -0.39 is 6.04 Å². The van der Waals surface area contributed by atoms with Crippen LogP contribution in [0.1, 0.15) is 34.9 Å². The van der Waals surface area contributed by atoms with Crippen LogP contribution >= 0.6 is 22.9 Å². The molecule has 3 aromatic rings. The first kappa shape index (κ1) is 22.9. The second kappa shape index (κ2) is 9.29. The quantitative estimate of drug-likeness (QED) is 0.315.